The van der Waals surface area contributed by atoms with E-state index in [1.165, 1.54) is 0 Å². The Hall–Kier alpha value is -2.13. The smallest absolute Gasteiger partial charge is 0.410 e. The van der Waals surface area contributed by atoms with E-state index in [0.29, 0.717) is 25.3 Å². The van der Waals surface area contributed by atoms with Crippen LogP contribution in [-0.2, 0) is 9.53 Å². The number of thiophene rings is 1. The number of carboxylic acids is 1. The average Bonchev–Trinajstić information content (AvgIpc) is 3.11. The Labute approximate surface area is 149 Å². The lowest BCUT2D eigenvalue weighted by Gasteiger charge is -2.38. The van der Waals surface area contributed by atoms with E-state index < -0.39 is 11.6 Å². The van der Waals surface area contributed by atoms with Crippen LogP contribution in [0.1, 0.15) is 28.9 Å². The third kappa shape index (κ3) is 3.93. The fourth-order valence-corrected chi connectivity index (χ4v) is 4.12. The molecule has 1 atom stereocenters. The Bertz CT molecular complexity index is 691. The van der Waals surface area contributed by atoms with Crippen molar-refractivity contribution in [3.8, 4) is 0 Å². The molecule has 2 N–H and O–H groups in total. The van der Waals surface area contributed by atoms with Gasteiger partial charge >= 0.3 is 12.1 Å². The molecular weight excluding hydrogens is 346 g/mol. The number of nitrogens with one attached hydrogen (secondary N) is 1. The molecule has 2 aliphatic rings. The highest BCUT2D eigenvalue weighted by molar-refractivity contribution is 7.12. The predicted molar refractivity (Wildman–Crippen MR) is 92.0 cm³/mol. The van der Waals surface area contributed by atoms with E-state index in [9.17, 15) is 14.4 Å². The van der Waals surface area contributed by atoms with Crippen LogP contribution < -0.4 is 5.32 Å². The number of carbonyl (C=O) groups is 3. The largest absolute Gasteiger partial charge is 0.477 e. The van der Waals surface area contributed by atoms with E-state index in [-0.39, 0.29) is 23.3 Å². The molecule has 2 aliphatic heterocycles. The van der Waals surface area contributed by atoms with E-state index in [1.54, 1.807) is 23.4 Å². The molecule has 0 aromatic carbocycles. The first kappa shape index (κ1) is 17.7. The van der Waals surface area contributed by atoms with Gasteiger partial charge < -0.3 is 20.1 Å². The molecule has 3 rings (SSSR count). The number of rotatable bonds is 5. The maximum Gasteiger partial charge on any atom is 0.410 e. The van der Waals surface area contributed by atoms with E-state index in [0.717, 1.165) is 30.7 Å². The summed E-state index contributed by atoms with van der Waals surface area (Å²) < 4.78 is 5.55. The average molecular weight is 367 g/mol. The van der Waals surface area contributed by atoms with Crippen molar-refractivity contribution in [3.05, 3.63) is 16.3 Å². The Morgan fingerprint density at radius 1 is 1.44 bits per heavy atom. The van der Waals surface area contributed by atoms with E-state index >= 15 is 0 Å². The summed E-state index contributed by atoms with van der Waals surface area (Å²) in [6.45, 7) is 2.59. The highest BCUT2D eigenvalue weighted by Gasteiger charge is 2.46. The highest BCUT2D eigenvalue weighted by Crippen LogP contribution is 2.31. The molecule has 8 nitrogen and oxygen atoms in total. The van der Waals surface area contributed by atoms with Gasteiger partial charge in [-0.25, -0.2) is 9.59 Å². The van der Waals surface area contributed by atoms with E-state index in [4.69, 9.17) is 9.84 Å². The van der Waals surface area contributed by atoms with Crippen molar-refractivity contribution >= 4 is 35.0 Å². The first-order valence-electron chi connectivity index (χ1n) is 8.16. The van der Waals surface area contributed by atoms with Crippen molar-refractivity contribution in [2.75, 3.05) is 38.5 Å². The van der Waals surface area contributed by atoms with Gasteiger partial charge in [-0.05, 0) is 30.8 Å². The van der Waals surface area contributed by atoms with Crippen molar-refractivity contribution in [1.82, 2.24) is 9.80 Å². The van der Waals surface area contributed by atoms with Crippen LogP contribution >= 0.6 is 11.3 Å². The van der Waals surface area contributed by atoms with Gasteiger partial charge in [0.25, 0.3) is 0 Å². The van der Waals surface area contributed by atoms with Gasteiger partial charge in [0.2, 0.25) is 5.91 Å². The standard InChI is InChI=1S/C16H21N3O5S/c1-18-9-16(24-15(18)23)5-2-6-19(10-16)7-3-12(20)17-11-4-8-25-13(11)14(21)22/h4,8H,2-3,5-7,9-10H2,1H3,(H,17,20)(H,21,22). The van der Waals surface area contributed by atoms with Crippen LogP contribution in [0.4, 0.5) is 10.5 Å². The number of nitrogens with zero attached hydrogens (tertiary/aromatic N) is 2. The number of amides is 2. The Morgan fingerprint density at radius 3 is 2.92 bits per heavy atom. The van der Waals surface area contributed by atoms with Crippen LogP contribution in [0, 0.1) is 0 Å². The zero-order valence-electron chi connectivity index (χ0n) is 14.0. The monoisotopic (exact) mass is 367 g/mol. The second kappa shape index (κ2) is 7.01. The fourth-order valence-electron chi connectivity index (χ4n) is 3.43. The molecule has 1 unspecified atom stereocenters. The first-order chi connectivity index (χ1) is 11.9. The van der Waals surface area contributed by atoms with Gasteiger partial charge in [0.05, 0.1) is 12.2 Å². The Kier molecular flexibility index (Phi) is 4.96. The van der Waals surface area contributed by atoms with Crippen LogP contribution in [-0.4, -0.2) is 71.7 Å². The number of hydrogen-bond donors (Lipinski definition) is 2. The summed E-state index contributed by atoms with van der Waals surface area (Å²) in [5.41, 5.74) is -0.131. The molecule has 2 saturated heterocycles. The molecule has 9 heteroatoms. The molecule has 2 amide bonds. The number of likely N-dealkylation sites (N-methyl/N-ethyl adjacent to an activating group) is 1. The summed E-state index contributed by atoms with van der Waals surface area (Å²) >= 11 is 1.08. The Balaban J connectivity index is 1.51. The van der Waals surface area contributed by atoms with Gasteiger partial charge in [0.15, 0.2) is 0 Å². The SMILES string of the molecule is CN1CC2(CCCN(CCC(=O)Nc3ccsc3C(=O)O)C2)OC1=O. The molecule has 1 aromatic rings. The van der Waals surface area contributed by atoms with Crippen LogP contribution in [0.2, 0.25) is 0 Å². The molecule has 136 valence electrons. The normalized spacial score (nSPS) is 23.7. The number of likely N-dealkylation sites (tertiary alicyclic amines) is 1. The zero-order valence-corrected chi connectivity index (χ0v) is 14.8. The summed E-state index contributed by atoms with van der Waals surface area (Å²) in [7, 11) is 1.73. The zero-order chi connectivity index (χ0) is 18.0. The van der Waals surface area contributed by atoms with Crippen molar-refractivity contribution < 1.29 is 24.2 Å². The number of piperidine rings is 1. The van der Waals surface area contributed by atoms with Crippen LogP contribution in [0.5, 0.6) is 0 Å². The van der Waals surface area contributed by atoms with Crippen molar-refractivity contribution in [1.29, 1.82) is 0 Å². The quantitative estimate of drug-likeness (QED) is 0.822. The van der Waals surface area contributed by atoms with Gasteiger partial charge in [0.1, 0.15) is 10.5 Å². The number of ether oxygens (including phenoxy) is 1. The minimum atomic E-state index is -1.05. The van der Waals surface area contributed by atoms with Crippen molar-refractivity contribution in [2.24, 2.45) is 0 Å². The maximum atomic E-state index is 12.1. The lowest BCUT2D eigenvalue weighted by Crippen LogP contribution is -2.50. The van der Waals surface area contributed by atoms with Gasteiger partial charge in [-0.3, -0.25) is 9.69 Å². The minimum absolute atomic E-state index is 0.131. The third-order valence-electron chi connectivity index (χ3n) is 4.55. The number of aromatic carboxylic acids is 1. The van der Waals surface area contributed by atoms with E-state index in [1.807, 2.05) is 0 Å². The van der Waals surface area contributed by atoms with Gasteiger partial charge in [-0.1, -0.05) is 0 Å². The molecule has 0 bridgehead atoms. The molecule has 1 aromatic heterocycles. The molecule has 3 heterocycles. The minimum Gasteiger partial charge on any atom is -0.477 e. The van der Waals surface area contributed by atoms with Crippen LogP contribution in [0.15, 0.2) is 11.4 Å². The second-order valence-corrected chi connectivity index (χ2v) is 7.47. The van der Waals surface area contributed by atoms with Crippen LogP contribution in [0.3, 0.4) is 0 Å². The number of anilines is 1. The molecule has 2 fully saturated rings. The molecule has 1 spiro atoms. The molecule has 25 heavy (non-hydrogen) atoms. The molecular formula is C16H21N3O5S. The summed E-state index contributed by atoms with van der Waals surface area (Å²) in [6, 6.07) is 1.59. The lowest BCUT2D eigenvalue weighted by atomic mass is 9.92. The summed E-state index contributed by atoms with van der Waals surface area (Å²) in [6.07, 6.45) is 1.71. The maximum absolute atomic E-state index is 12.1. The topological polar surface area (TPSA) is 99.2 Å². The second-order valence-electron chi connectivity index (χ2n) is 6.55. The summed E-state index contributed by atoms with van der Waals surface area (Å²) in [5, 5.41) is 13.4. The first-order valence-corrected chi connectivity index (χ1v) is 9.04. The lowest BCUT2D eigenvalue weighted by molar-refractivity contribution is -0.116. The van der Waals surface area contributed by atoms with Crippen LogP contribution in [0.25, 0.3) is 0 Å². The highest BCUT2D eigenvalue weighted by atomic mass is 32.1. The fraction of sp³-hybridized carbons (Fsp3) is 0.562. The van der Waals surface area contributed by atoms with E-state index in [2.05, 4.69) is 10.2 Å². The summed E-state index contributed by atoms with van der Waals surface area (Å²) in [5.74, 6) is -1.27. The molecule has 0 radical (unpaired) electrons. The molecule has 0 aliphatic carbocycles. The summed E-state index contributed by atoms with van der Waals surface area (Å²) in [4.78, 5) is 38.7. The number of carbonyl (C=O) groups excluding carboxylic acids is 2. The number of hydrogen-bond acceptors (Lipinski definition) is 6. The Morgan fingerprint density at radius 2 is 2.24 bits per heavy atom. The third-order valence-corrected chi connectivity index (χ3v) is 5.45. The van der Waals surface area contributed by atoms with Gasteiger partial charge in [-0.15, -0.1) is 11.3 Å². The van der Waals surface area contributed by atoms with Gasteiger partial charge in [-0.2, -0.15) is 0 Å². The van der Waals surface area contributed by atoms with Gasteiger partial charge in [0, 0.05) is 26.6 Å². The predicted octanol–water partition coefficient (Wildman–Crippen LogP) is 1.69. The van der Waals surface area contributed by atoms with Crippen molar-refractivity contribution in [3.63, 3.8) is 0 Å². The number of carboxylic acid groups (broad SMARTS) is 1. The van der Waals surface area contributed by atoms with Crippen molar-refractivity contribution in [2.45, 2.75) is 24.9 Å². The molecule has 0 saturated carbocycles.